The molecule has 0 aliphatic rings. The third-order valence-electron chi connectivity index (χ3n) is 2.21. The van der Waals surface area contributed by atoms with Crippen molar-refractivity contribution in [2.75, 3.05) is 5.73 Å². The Kier molecular flexibility index (Phi) is 3.00. The minimum Gasteiger partial charge on any atom is -0.369 e. The number of aromatic amines is 1. The average Bonchev–Trinajstić information content (AvgIpc) is 2.62. The summed E-state index contributed by atoms with van der Waals surface area (Å²) in [6, 6.07) is 0. The zero-order chi connectivity index (χ0) is 11.5. The van der Waals surface area contributed by atoms with Gasteiger partial charge in [0.05, 0.1) is 6.33 Å². The standard InChI is InChI=1S/C10H13N5S/c1-2-3-4-5-15-6-12-7-8(15)13-10(11)14-9(7)16/h3-4,6H,2,5H2,1H3,(H3,11,13,14,16)/b4-3+. The van der Waals surface area contributed by atoms with Crippen molar-refractivity contribution in [2.45, 2.75) is 19.9 Å². The molecule has 0 unspecified atom stereocenters. The van der Waals surface area contributed by atoms with Crippen LogP contribution in [0.4, 0.5) is 5.95 Å². The number of imidazole rings is 1. The van der Waals surface area contributed by atoms with Crippen molar-refractivity contribution in [2.24, 2.45) is 0 Å². The number of nitrogens with two attached hydrogens (primary N) is 1. The number of nitrogens with one attached hydrogen (secondary N) is 1. The summed E-state index contributed by atoms with van der Waals surface area (Å²) in [7, 11) is 0. The number of hydrogen-bond donors (Lipinski definition) is 2. The Balaban J connectivity index is 2.47. The summed E-state index contributed by atoms with van der Waals surface area (Å²) in [5.41, 5.74) is 7.12. The van der Waals surface area contributed by atoms with Crippen LogP contribution in [0.5, 0.6) is 0 Å². The van der Waals surface area contributed by atoms with Gasteiger partial charge >= 0.3 is 0 Å². The van der Waals surface area contributed by atoms with Crippen molar-refractivity contribution < 1.29 is 0 Å². The smallest absolute Gasteiger partial charge is 0.200 e. The van der Waals surface area contributed by atoms with Crippen LogP contribution >= 0.6 is 12.2 Å². The van der Waals surface area contributed by atoms with Gasteiger partial charge in [0, 0.05) is 6.54 Å². The molecule has 0 atom stereocenters. The molecule has 84 valence electrons. The summed E-state index contributed by atoms with van der Waals surface area (Å²) >= 11 is 5.08. The van der Waals surface area contributed by atoms with E-state index in [-0.39, 0.29) is 0 Å². The van der Waals surface area contributed by atoms with Crippen LogP contribution < -0.4 is 5.73 Å². The van der Waals surface area contributed by atoms with Gasteiger partial charge in [-0.05, 0) is 6.42 Å². The second-order valence-electron chi connectivity index (χ2n) is 3.40. The first kappa shape index (κ1) is 10.8. The molecule has 0 saturated carbocycles. The zero-order valence-electron chi connectivity index (χ0n) is 8.97. The van der Waals surface area contributed by atoms with Crippen LogP contribution in [0.1, 0.15) is 13.3 Å². The van der Waals surface area contributed by atoms with Gasteiger partial charge in [0.15, 0.2) is 10.6 Å². The Morgan fingerprint density at radius 2 is 2.38 bits per heavy atom. The summed E-state index contributed by atoms with van der Waals surface area (Å²) in [6.07, 6.45) is 6.93. The molecule has 0 aliphatic carbocycles. The van der Waals surface area contributed by atoms with Crippen molar-refractivity contribution in [3.05, 3.63) is 23.1 Å². The van der Waals surface area contributed by atoms with E-state index in [1.54, 1.807) is 6.33 Å². The lowest BCUT2D eigenvalue weighted by Crippen LogP contribution is -1.99. The van der Waals surface area contributed by atoms with E-state index in [9.17, 15) is 0 Å². The van der Waals surface area contributed by atoms with Crippen molar-refractivity contribution in [3.8, 4) is 0 Å². The van der Waals surface area contributed by atoms with Crippen molar-refractivity contribution >= 4 is 29.3 Å². The number of nitrogen functional groups attached to an aromatic ring is 1. The van der Waals surface area contributed by atoms with Crippen LogP contribution in [0.2, 0.25) is 0 Å². The van der Waals surface area contributed by atoms with Gasteiger partial charge in [0.1, 0.15) is 11.2 Å². The van der Waals surface area contributed by atoms with Crippen LogP contribution in [-0.4, -0.2) is 19.5 Å². The Bertz CT molecular complexity index is 580. The predicted octanol–water partition coefficient (Wildman–Crippen LogP) is 2.04. The summed E-state index contributed by atoms with van der Waals surface area (Å²) < 4.78 is 2.39. The molecule has 0 fully saturated rings. The molecule has 0 saturated heterocycles. The highest BCUT2D eigenvalue weighted by molar-refractivity contribution is 7.71. The maximum Gasteiger partial charge on any atom is 0.200 e. The number of hydrogen-bond acceptors (Lipinski definition) is 4. The number of allylic oxidation sites excluding steroid dienone is 2. The predicted molar refractivity (Wildman–Crippen MR) is 66.6 cm³/mol. The minimum atomic E-state index is 0.318. The monoisotopic (exact) mass is 235 g/mol. The third-order valence-corrected chi connectivity index (χ3v) is 2.50. The highest BCUT2D eigenvalue weighted by Gasteiger charge is 2.04. The Labute approximate surface area is 98.0 Å². The van der Waals surface area contributed by atoms with E-state index in [0.717, 1.165) is 18.6 Å². The molecule has 5 nitrogen and oxygen atoms in total. The van der Waals surface area contributed by atoms with E-state index in [4.69, 9.17) is 18.0 Å². The van der Waals surface area contributed by atoms with Crippen molar-refractivity contribution in [3.63, 3.8) is 0 Å². The first-order valence-electron chi connectivity index (χ1n) is 5.08. The van der Waals surface area contributed by atoms with E-state index < -0.39 is 0 Å². The summed E-state index contributed by atoms with van der Waals surface area (Å²) in [5.74, 6) is 0.318. The average molecular weight is 235 g/mol. The van der Waals surface area contributed by atoms with Crippen molar-refractivity contribution in [1.29, 1.82) is 0 Å². The number of anilines is 1. The largest absolute Gasteiger partial charge is 0.369 e. The van der Waals surface area contributed by atoms with Gasteiger partial charge in [-0.15, -0.1) is 0 Å². The molecule has 2 aromatic rings. The molecule has 3 N–H and O–H groups in total. The number of rotatable bonds is 3. The van der Waals surface area contributed by atoms with E-state index in [0.29, 0.717) is 16.1 Å². The maximum absolute atomic E-state index is 5.62. The second kappa shape index (κ2) is 4.44. The topological polar surface area (TPSA) is 72.5 Å². The van der Waals surface area contributed by atoms with Gasteiger partial charge in [0.25, 0.3) is 0 Å². The molecular weight excluding hydrogens is 222 g/mol. The van der Waals surface area contributed by atoms with Crippen LogP contribution in [-0.2, 0) is 6.54 Å². The molecule has 0 bridgehead atoms. The number of H-pyrrole nitrogens is 1. The van der Waals surface area contributed by atoms with Gasteiger partial charge < -0.3 is 15.3 Å². The van der Waals surface area contributed by atoms with Crippen LogP contribution in [0, 0.1) is 4.64 Å². The fourth-order valence-electron chi connectivity index (χ4n) is 1.47. The van der Waals surface area contributed by atoms with Gasteiger partial charge in [0.2, 0.25) is 0 Å². The fourth-order valence-corrected chi connectivity index (χ4v) is 1.72. The second-order valence-corrected chi connectivity index (χ2v) is 3.79. The maximum atomic E-state index is 5.62. The molecule has 0 radical (unpaired) electrons. The SMILES string of the molecule is CC/C=C/Cn1cnc2c(=S)nc(N)[nH]c21. The van der Waals surface area contributed by atoms with Gasteiger partial charge in [-0.2, -0.15) is 0 Å². The number of nitrogens with zero attached hydrogens (tertiary/aromatic N) is 3. The molecule has 0 aliphatic heterocycles. The Hall–Kier alpha value is -1.69. The fraction of sp³-hybridized carbons (Fsp3) is 0.300. The zero-order valence-corrected chi connectivity index (χ0v) is 9.79. The Morgan fingerprint density at radius 1 is 1.56 bits per heavy atom. The first-order chi connectivity index (χ1) is 7.72. The highest BCUT2D eigenvalue weighted by Crippen LogP contribution is 2.11. The number of aromatic nitrogens is 4. The molecule has 2 aromatic heterocycles. The molecular formula is C10H13N5S. The van der Waals surface area contributed by atoms with E-state index in [1.807, 2.05) is 4.57 Å². The highest BCUT2D eigenvalue weighted by atomic mass is 32.1. The van der Waals surface area contributed by atoms with E-state index in [2.05, 4.69) is 34.0 Å². The molecule has 0 aromatic carbocycles. The summed E-state index contributed by atoms with van der Waals surface area (Å²) in [4.78, 5) is 11.1. The lowest BCUT2D eigenvalue weighted by Gasteiger charge is -2.00. The lowest BCUT2D eigenvalue weighted by molar-refractivity contribution is 0.834. The summed E-state index contributed by atoms with van der Waals surface area (Å²) in [6.45, 7) is 2.84. The molecule has 6 heteroatoms. The normalized spacial score (nSPS) is 11.6. The van der Waals surface area contributed by atoms with E-state index >= 15 is 0 Å². The molecule has 0 amide bonds. The molecule has 0 spiro atoms. The minimum absolute atomic E-state index is 0.318. The molecule has 16 heavy (non-hydrogen) atoms. The van der Waals surface area contributed by atoms with Gasteiger partial charge in [-0.25, -0.2) is 9.97 Å². The van der Waals surface area contributed by atoms with E-state index in [1.165, 1.54) is 0 Å². The Morgan fingerprint density at radius 3 is 3.12 bits per heavy atom. The lowest BCUT2D eigenvalue weighted by atomic mass is 10.4. The number of fused-ring (bicyclic) bond motifs is 1. The third kappa shape index (κ3) is 1.96. The first-order valence-corrected chi connectivity index (χ1v) is 5.49. The van der Waals surface area contributed by atoms with Gasteiger partial charge in [-0.3, -0.25) is 0 Å². The van der Waals surface area contributed by atoms with Crippen molar-refractivity contribution in [1.82, 2.24) is 19.5 Å². The van der Waals surface area contributed by atoms with Crippen LogP contribution in [0.3, 0.4) is 0 Å². The quantitative estimate of drug-likeness (QED) is 0.630. The molecule has 2 heterocycles. The van der Waals surface area contributed by atoms with Gasteiger partial charge in [-0.1, -0.05) is 31.3 Å². The molecule has 2 rings (SSSR count). The van der Waals surface area contributed by atoms with Crippen LogP contribution in [0.15, 0.2) is 18.5 Å². The van der Waals surface area contributed by atoms with Crippen LogP contribution in [0.25, 0.3) is 11.2 Å². The summed E-state index contributed by atoms with van der Waals surface area (Å²) in [5, 5.41) is 0.